The van der Waals surface area contributed by atoms with E-state index in [1.807, 2.05) is 24.3 Å². The van der Waals surface area contributed by atoms with Crippen molar-refractivity contribution in [2.24, 2.45) is 0 Å². The second-order valence-corrected chi connectivity index (χ2v) is 4.96. The van der Waals surface area contributed by atoms with Gasteiger partial charge in [0, 0.05) is 22.7 Å². The summed E-state index contributed by atoms with van der Waals surface area (Å²) in [6.07, 6.45) is 1.82. The van der Waals surface area contributed by atoms with E-state index in [9.17, 15) is 9.59 Å². The Labute approximate surface area is 118 Å². The molecule has 0 amide bonds. The van der Waals surface area contributed by atoms with E-state index in [1.165, 1.54) is 13.3 Å². The molecule has 1 aromatic heterocycles. The summed E-state index contributed by atoms with van der Waals surface area (Å²) < 4.78 is 5.58. The summed E-state index contributed by atoms with van der Waals surface area (Å²) in [4.78, 5) is 25.7. The molecule has 0 atom stereocenters. The molecule has 1 aromatic carbocycles. The summed E-state index contributed by atoms with van der Waals surface area (Å²) in [7, 11) is 1.31. The second kappa shape index (κ2) is 5.84. The van der Waals surface area contributed by atoms with Gasteiger partial charge in [-0.05, 0) is 23.8 Å². The lowest BCUT2D eigenvalue weighted by atomic mass is 10.1. The molecule has 0 aliphatic carbocycles. The van der Waals surface area contributed by atoms with Crippen molar-refractivity contribution in [3.05, 3.63) is 68.0 Å². The highest BCUT2D eigenvalue weighted by Crippen LogP contribution is 2.14. The van der Waals surface area contributed by atoms with Gasteiger partial charge < -0.3 is 9.72 Å². The third-order valence-electron chi connectivity index (χ3n) is 2.68. The maximum absolute atomic E-state index is 11.8. The van der Waals surface area contributed by atoms with E-state index in [4.69, 9.17) is 0 Å². The Kier molecular flexibility index (Phi) is 4.16. The Hall–Kier alpha value is -1.88. The second-order valence-electron chi connectivity index (χ2n) is 4.04. The van der Waals surface area contributed by atoms with Crippen LogP contribution in [-0.2, 0) is 11.2 Å². The lowest BCUT2D eigenvalue weighted by molar-refractivity contribution is 0.0600. The molecule has 5 heteroatoms. The molecule has 0 saturated carbocycles. The number of H-pyrrole nitrogens is 1. The third-order valence-corrected chi connectivity index (χ3v) is 3.18. The standard InChI is InChI=1S/C14H12BrNO3/c1-19-14(18)11-7-10(13(17)16-8-11)5-9-3-2-4-12(15)6-9/h2-4,6-8H,5H2,1H3,(H,16,17). The minimum absolute atomic E-state index is 0.201. The summed E-state index contributed by atoms with van der Waals surface area (Å²) in [5, 5.41) is 0. The van der Waals surface area contributed by atoms with Gasteiger partial charge in [-0.25, -0.2) is 4.79 Å². The monoisotopic (exact) mass is 321 g/mol. The van der Waals surface area contributed by atoms with Crippen molar-refractivity contribution in [1.82, 2.24) is 4.98 Å². The maximum Gasteiger partial charge on any atom is 0.339 e. The number of carbonyl (C=O) groups excluding carboxylic acids is 1. The number of pyridine rings is 1. The van der Waals surface area contributed by atoms with Gasteiger partial charge >= 0.3 is 5.97 Å². The first-order chi connectivity index (χ1) is 9.10. The molecule has 1 heterocycles. The number of rotatable bonds is 3. The summed E-state index contributed by atoms with van der Waals surface area (Å²) in [6, 6.07) is 9.24. The van der Waals surface area contributed by atoms with Crippen LogP contribution in [0, 0.1) is 0 Å². The molecule has 0 radical (unpaired) electrons. The molecule has 0 bridgehead atoms. The van der Waals surface area contributed by atoms with Gasteiger partial charge in [-0.15, -0.1) is 0 Å². The van der Waals surface area contributed by atoms with Crippen molar-refractivity contribution in [2.45, 2.75) is 6.42 Å². The maximum atomic E-state index is 11.8. The van der Waals surface area contributed by atoms with Gasteiger partial charge in [0.25, 0.3) is 5.56 Å². The molecule has 2 rings (SSSR count). The molecule has 0 aliphatic rings. The number of carbonyl (C=O) groups is 1. The predicted octanol–water partition coefficient (Wildman–Crippen LogP) is 2.51. The third kappa shape index (κ3) is 3.32. The van der Waals surface area contributed by atoms with E-state index in [-0.39, 0.29) is 5.56 Å². The van der Waals surface area contributed by atoms with E-state index < -0.39 is 5.97 Å². The number of nitrogens with one attached hydrogen (secondary N) is 1. The molecule has 0 saturated heterocycles. The molecular formula is C14H12BrNO3. The average Bonchev–Trinajstić information content (AvgIpc) is 2.40. The fraction of sp³-hybridized carbons (Fsp3) is 0.143. The minimum atomic E-state index is -0.466. The Bertz CT molecular complexity index is 664. The first-order valence-corrected chi connectivity index (χ1v) is 6.44. The highest BCUT2D eigenvalue weighted by molar-refractivity contribution is 9.10. The van der Waals surface area contributed by atoms with Crippen LogP contribution in [0.3, 0.4) is 0 Å². The van der Waals surface area contributed by atoms with Crippen molar-refractivity contribution in [2.75, 3.05) is 7.11 Å². The Morgan fingerprint density at radius 1 is 1.37 bits per heavy atom. The normalized spacial score (nSPS) is 10.2. The van der Waals surface area contributed by atoms with Crippen molar-refractivity contribution in [1.29, 1.82) is 0 Å². The lowest BCUT2D eigenvalue weighted by Gasteiger charge is -2.04. The largest absolute Gasteiger partial charge is 0.465 e. The van der Waals surface area contributed by atoms with Gasteiger partial charge in [-0.3, -0.25) is 4.79 Å². The number of hydrogen-bond donors (Lipinski definition) is 1. The number of methoxy groups -OCH3 is 1. The van der Waals surface area contributed by atoms with Crippen LogP contribution >= 0.6 is 15.9 Å². The van der Waals surface area contributed by atoms with Crippen LogP contribution in [0.15, 0.2) is 45.8 Å². The smallest absolute Gasteiger partial charge is 0.339 e. The fourth-order valence-electron chi connectivity index (χ4n) is 1.76. The number of esters is 1. The van der Waals surface area contributed by atoms with Crippen molar-refractivity contribution in [3.8, 4) is 0 Å². The average molecular weight is 322 g/mol. The molecule has 0 spiro atoms. The molecule has 4 nitrogen and oxygen atoms in total. The van der Waals surface area contributed by atoms with Gasteiger partial charge in [0.05, 0.1) is 12.7 Å². The SMILES string of the molecule is COC(=O)c1c[nH]c(=O)c(Cc2cccc(Br)c2)c1. The molecule has 0 aliphatic heterocycles. The highest BCUT2D eigenvalue weighted by atomic mass is 79.9. The van der Waals surface area contributed by atoms with Crippen LogP contribution in [0.1, 0.15) is 21.5 Å². The topological polar surface area (TPSA) is 59.2 Å². The van der Waals surface area contributed by atoms with Crippen molar-refractivity contribution in [3.63, 3.8) is 0 Å². The van der Waals surface area contributed by atoms with Crippen LogP contribution in [-0.4, -0.2) is 18.1 Å². The van der Waals surface area contributed by atoms with E-state index in [1.54, 1.807) is 6.07 Å². The van der Waals surface area contributed by atoms with Gasteiger partial charge in [0.1, 0.15) is 0 Å². The summed E-state index contributed by atoms with van der Waals surface area (Å²) in [5.41, 5.74) is 1.66. The Morgan fingerprint density at radius 2 is 2.16 bits per heavy atom. The Balaban J connectivity index is 2.34. The summed E-state index contributed by atoms with van der Waals surface area (Å²) in [5.74, 6) is -0.466. The number of halogens is 1. The molecule has 0 unspecified atom stereocenters. The summed E-state index contributed by atoms with van der Waals surface area (Å²) in [6.45, 7) is 0. The van der Waals surface area contributed by atoms with E-state index in [2.05, 4.69) is 25.7 Å². The van der Waals surface area contributed by atoms with Gasteiger partial charge in [-0.2, -0.15) is 0 Å². The molecule has 1 N–H and O–H groups in total. The molecule has 98 valence electrons. The van der Waals surface area contributed by atoms with Crippen LogP contribution in [0.4, 0.5) is 0 Å². The van der Waals surface area contributed by atoms with Gasteiger partial charge in [0.2, 0.25) is 0 Å². The number of aromatic amines is 1. The van der Waals surface area contributed by atoms with Crippen LogP contribution in [0.2, 0.25) is 0 Å². The van der Waals surface area contributed by atoms with Crippen molar-refractivity contribution < 1.29 is 9.53 Å². The number of aromatic nitrogens is 1. The minimum Gasteiger partial charge on any atom is -0.465 e. The Morgan fingerprint density at radius 3 is 2.84 bits per heavy atom. The first kappa shape index (κ1) is 13.5. The quantitative estimate of drug-likeness (QED) is 0.884. The van der Waals surface area contributed by atoms with E-state index in [0.29, 0.717) is 17.5 Å². The zero-order valence-corrected chi connectivity index (χ0v) is 11.9. The van der Waals surface area contributed by atoms with Crippen molar-refractivity contribution >= 4 is 21.9 Å². The van der Waals surface area contributed by atoms with Gasteiger partial charge in [-0.1, -0.05) is 28.1 Å². The number of hydrogen-bond acceptors (Lipinski definition) is 3. The zero-order chi connectivity index (χ0) is 13.8. The first-order valence-electron chi connectivity index (χ1n) is 5.64. The van der Waals surface area contributed by atoms with Crippen LogP contribution in [0.5, 0.6) is 0 Å². The molecule has 19 heavy (non-hydrogen) atoms. The van der Waals surface area contributed by atoms with Crippen LogP contribution in [0.25, 0.3) is 0 Å². The molecular weight excluding hydrogens is 310 g/mol. The van der Waals surface area contributed by atoms with Gasteiger partial charge in [0.15, 0.2) is 0 Å². The lowest BCUT2D eigenvalue weighted by Crippen LogP contribution is -2.15. The molecule has 0 fully saturated rings. The predicted molar refractivity (Wildman–Crippen MR) is 75.4 cm³/mol. The number of ether oxygens (including phenoxy) is 1. The van der Waals surface area contributed by atoms with E-state index in [0.717, 1.165) is 10.0 Å². The molecule has 2 aromatic rings. The number of benzene rings is 1. The van der Waals surface area contributed by atoms with Crippen LogP contribution < -0.4 is 5.56 Å². The van der Waals surface area contributed by atoms with E-state index >= 15 is 0 Å². The summed E-state index contributed by atoms with van der Waals surface area (Å²) >= 11 is 3.38. The fourth-order valence-corrected chi connectivity index (χ4v) is 2.21. The highest BCUT2D eigenvalue weighted by Gasteiger charge is 2.09. The zero-order valence-electron chi connectivity index (χ0n) is 10.3.